The van der Waals surface area contributed by atoms with Crippen molar-refractivity contribution in [3.8, 4) is 0 Å². The Morgan fingerprint density at radius 1 is 0.933 bits per heavy atom. The molecule has 0 radical (unpaired) electrons. The number of carbonyl (C=O) groups excluding carboxylic acids is 2. The van der Waals surface area contributed by atoms with Gasteiger partial charge in [-0.15, -0.1) is 0 Å². The second kappa shape index (κ2) is 13.5. The first kappa shape index (κ1) is 32.2. The van der Waals surface area contributed by atoms with Crippen LogP contribution < -0.4 is 4.90 Å². The highest BCUT2D eigenvalue weighted by molar-refractivity contribution is 9.10. The van der Waals surface area contributed by atoms with Gasteiger partial charge < -0.3 is 9.80 Å². The summed E-state index contributed by atoms with van der Waals surface area (Å²) in [6, 6.07) is 21.9. The van der Waals surface area contributed by atoms with Crippen molar-refractivity contribution in [3.05, 3.63) is 92.9 Å². The summed E-state index contributed by atoms with van der Waals surface area (Å²) in [6.45, 7) is 5.30. The predicted molar refractivity (Wildman–Crippen MR) is 180 cm³/mol. The van der Waals surface area contributed by atoms with Gasteiger partial charge in [-0.25, -0.2) is 8.42 Å². The molecule has 3 aliphatic heterocycles. The summed E-state index contributed by atoms with van der Waals surface area (Å²) in [5.41, 5.74) is 3.67. The molecule has 2 amide bonds. The fourth-order valence-corrected chi connectivity index (χ4v) is 9.53. The van der Waals surface area contributed by atoms with Gasteiger partial charge in [0, 0.05) is 61.7 Å². The third kappa shape index (κ3) is 6.58. The van der Waals surface area contributed by atoms with Crippen LogP contribution in [-0.2, 0) is 26.0 Å². The van der Waals surface area contributed by atoms with E-state index in [1.807, 2.05) is 41.3 Å². The Morgan fingerprint density at radius 3 is 2.31 bits per heavy atom. The van der Waals surface area contributed by atoms with Crippen LogP contribution in [0.15, 0.2) is 76.1 Å². The fourth-order valence-electron chi connectivity index (χ4n) is 6.96. The van der Waals surface area contributed by atoms with E-state index >= 15 is 0 Å². The molecule has 3 heterocycles. The van der Waals surface area contributed by atoms with Crippen LogP contribution in [0.3, 0.4) is 0 Å². The summed E-state index contributed by atoms with van der Waals surface area (Å²) in [7, 11) is -3.94. The Bertz CT molecular complexity index is 1660. The van der Waals surface area contributed by atoms with Gasteiger partial charge in [0.15, 0.2) is 0 Å². The molecular formula is C34H38BrClN4O4S. The maximum absolute atomic E-state index is 14.1. The van der Waals surface area contributed by atoms with Crippen molar-refractivity contribution in [2.24, 2.45) is 5.92 Å². The number of piperazine rings is 1. The molecule has 0 unspecified atom stereocenters. The second-order valence-electron chi connectivity index (χ2n) is 12.0. The lowest BCUT2D eigenvalue weighted by Crippen LogP contribution is -2.53. The van der Waals surface area contributed by atoms with Gasteiger partial charge in [-0.3, -0.25) is 14.5 Å². The molecule has 11 heteroatoms. The van der Waals surface area contributed by atoms with Crippen molar-refractivity contribution in [3.63, 3.8) is 0 Å². The highest BCUT2D eigenvalue weighted by Gasteiger charge is 2.40. The van der Waals surface area contributed by atoms with E-state index in [2.05, 4.69) is 45.1 Å². The number of hydrogen-bond acceptors (Lipinski definition) is 5. The molecule has 0 aliphatic carbocycles. The second-order valence-corrected chi connectivity index (χ2v) is 15.2. The fraction of sp³-hybridized carbons (Fsp3) is 0.412. The van der Waals surface area contributed by atoms with Crippen molar-refractivity contribution in [2.75, 3.05) is 50.7 Å². The smallest absolute Gasteiger partial charge is 0.245 e. The number of anilines is 1. The van der Waals surface area contributed by atoms with E-state index in [4.69, 9.17) is 11.6 Å². The number of carbonyl (C=O) groups is 2. The Kier molecular flexibility index (Phi) is 9.68. The number of fused-ring (bicyclic) bond motifs is 1. The molecule has 6 rings (SSSR count). The van der Waals surface area contributed by atoms with E-state index in [1.54, 1.807) is 17.9 Å². The maximum atomic E-state index is 14.1. The number of nitrogens with zero attached hydrogens (tertiary/aromatic N) is 4. The first-order chi connectivity index (χ1) is 21.7. The zero-order valence-corrected chi connectivity index (χ0v) is 28.5. The average Bonchev–Trinajstić information content (AvgIpc) is 3.49. The Hall–Kier alpha value is -2.76. The minimum Gasteiger partial charge on any atom is -0.340 e. The van der Waals surface area contributed by atoms with Gasteiger partial charge in [0.2, 0.25) is 21.8 Å². The Labute approximate surface area is 279 Å². The van der Waals surface area contributed by atoms with E-state index in [9.17, 15) is 18.0 Å². The third-order valence-corrected chi connectivity index (χ3v) is 11.8. The summed E-state index contributed by atoms with van der Waals surface area (Å²) in [6.07, 6.45) is 2.17. The van der Waals surface area contributed by atoms with Crippen molar-refractivity contribution < 1.29 is 18.0 Å². The molecule has 0 aromatic heterocycles. The molecular weight excluding hydrogens is 676 g/mol. The Balaban J connectivity index is 1.16. The Morgan fingerprint density at radius 2 is 1.62 bits per heavy atom. The largest absolute Gasteiger partial charge is 0.340 e. The van der Waals surface area contributed by atoms with Gasteiger partial charge in [0.1, 0.15) is 4.90 Å². The molecule has 238 valence electrons. The zero-order chi connectivity index (χ0) is 31.7. The molecule has 0 spiro atoms. The number of piperidine rings is 1. The normalized spacial score (nSPS) is 20.2. The van der Waals surface area contributed by atoms with Gasteiger partial charge in [-0.1, -0.05) is 76.9 Å². The van der Waals surface area contributed by atoms with E-state index in [0.29, 0.717) is 80.1 Å². The number of hydrogen-bond donors (Lipinski definition) is 0. The van der Waals surface area contributed by atoms with Gasteiger partial charge in [0.05, 0.1) is 17.6 Å². The lowest BCUT2D eigenvalue weighted by Gasteiger charge is -2.41. The average molecular weight is 714 g/mol. The van der Waals surface area contributed by atoms with Crippen LogP contribution in [0.1, 0.15) is 48.9 Å². The van der Waals surface area contributed by atoms with Crippen LogP contribution in [0.25, 0.3) is 0 Å². The zero-order valence-electron chi connectivity index (χ0n) is 25.4. The molecule has 0 saturated carbocycles. The third-order valence-electron chi connectivity index (χ3n) is 9.24. The number of rotatable bonds is 7. The molecule has 8 nitrogen and oxygen atoms in total. The van der Waals surface area contributed by atoms with E-state index in [0.717, 1.165) is 11.1 Å². The highest BCUT2D eigenvalue weighted by Crippen LogP contribution is 2.40. The first-order valence-electron chi connectivity index (χ1n) is 15.6. The minimum absolute atomic E-state index is 0.0135. The van der Waals surface area contributed by atoms with Crippen LogP contribution in [0.2, 0.25) is 5.02 Å². The molecule has 3 aliphatic rings. The van der Waals surface area contributed by atoms with Gasteiger partial charge >= 0.3 is 0 Å². The van der Waals surface area contributed by atoms with Gasteiger partial charge in [-0.05, 0) is 60.2 Å². The van der Waals surface area contributed by atoms with Crippen LogP contribution in [-0.4, -0.2) is 80.2 Å². The number of halogens is 2. The van der Waals surface area contributed by atoms with Gasteiger partial charge in [-0.2, -0.15) is 4.31 Å². The summed E-state index contributed by atoms with van der Waals surface area (Å²) in [5.74, 6) is -0.488. The molecule has 2 saturated heterocycles. The van der Waals surface area contributed by atoms with Crippen LogP contribution in [0, 0.1) is 5.92 Å². The van der Waals surface area contributed by atoms with Crippen molar-refractivity contribution >= 4 is 55.1 Å². The quantitative estimate of drug-likeness (QED) is 0.312. The monoisotopic (exact) mass is 712 g/mol. The molecule has 3 aromatic carbocycles. The first-order valence-corrected chi connectivity index (χ1v) is 18.2. The topological polar surface area (TPSA) is 81.2 Å². The van der Waals surface area contributed by atoms with E-state index in [1.165, 1.54) is 9.87 Å². The summed E-state index contributed by atoms with van der Waals surface area (Å²) < 4.78 is 30.4. The highest BCUT2D eigenvalue weighted by atomic mass is 79.9. The molecule has 45 heavy (non-hydrogen) atoms. The SMILES string of the molecule is CCC(=O)N1CCc2cc(Br)cc(S(=O)(=O)N3CCC[C@H](C(=O)N4CCN([C@@H](c5ccccc5)c5ccc(Cl)cc5)CC4)C3)c21. The van der Waals surface area contributed by atoms with Crippen LogP contribution in [0.4, 0.5) is 5.69 Å². The molecule has 0 N–H and O–H groups in total. The van der Waals surface area contributed by atoms with E-state index < -0.39 is 15.9 Å². The lowest BCUT2D eigenvalue weighted by atomic mass is 9.95. The molecule has 2 fully saturated rings. The summed E-state index contributed by atoms with van der Waals surface area (Å²) in [5, 5.41) is 0.695. The standard InChI is InChI=1S/C34H38BrClN4O4S/c1-2-31(41)40-16-14-26-21-28(35)22-30(33(26)40)45(43,44)39-15-6-9-27(23-39)34(42)38-19-17-37(18-20-38)32(24-7-4-3-5-8-24)25-10-12-29(36)13-11-25/h3-5,7-8,10-13,21-22,27,32H,2,6,9,14-20,23H2,1H3/t27-,32-/m0/s1. The number of amides is 2. The van der Waals surface area contributed by atoms with Crippen molar-refractivity contribution in [1.29, 1.82) is 0 Å². The van der Waals surface area contributed by atoms with Crippen molar-refractivity contribution in [2.45, 2.75) is 43.5 Å². The summed E-state index contributed by atoms with van der Waals surface area (Å²) in [4.78, 5) is 32.6. The molecule has 2 atom stereocenters. The predicted octanol–water partition coefficient (Wildman–Crippen LogP) is 5.74. The van der Waals surface area contributed by atoms with Gasteiger partial charge in [0.25, 0.3) is 0 Å². The lowest BCUT2D eigenvalue weighted by molar-refractivity contribution is -0.138. The van der Waals surface area contributed by atoms with E-state index in [-0.39, 0.29) is 29.3 Å². The molecule has 0 bridgehead atoms. The minimum atomic E-state index is -3.94. The molecule has 3 aromatic rings. The summed E-state index contributed by atoms with van der Waals surface area (Å²) >= 11 is 9.67. The number of benzene rings is 3. The number of sulfonamides is 1. The maximum Gasteiger partial charge on any atom is 0.245 e. The van der Waals surface area contributed by atoms with Crippen LogP contribution >= 0.6 is 27.5 Å². The van der Waals surface area contributed by atoms with Crippen LogP contribution in [0.5, 0.6) is 0 Å². The van der Waals surface area contributed by atoms with Crippen molar-refractivity contribution in [1.82, 2.24) is 14.1 Å².